The Hall–Kier alpha value is -1.94. The van der Waals surface area contributed by atoms with Crippen molar-refractivity contribution in [2.45, 2.75) is 464 Å². The van der Waals surface area contributed by atoms with Gasteiger partial charge in [-0.1, -0.05) is 395 Å². The number of hydrogen-bond donors (Lipinski definition) is 3. The summed E-state index contributed by atoms with van der Waals surface area (Å²) in [6.07, 6.45) is 66.4. The van der Waals surface area contributed by atoms with Gasteiger partial charge in [0.15, 0.2) is 12.2 Å². The largest absolute Gasteiger partial charge is 0.472 e. The van der Waals surface area contributed by atoms with Crippen LogP contribution in [0.3, 0.4) is 0 Å². The minimum absolute atomic E-state index is 0.108. The number of phosphoric acid groups is 2. The van der Waals surface area contributed by atoms with E-state index in [1.165, 1.54) is 263 Å². The van der Waals surface area contributed by atoms with E-state index in [1.54, 1.807) is 0 Å². The van der Waals surface area contributed by atoms with E-state index < -0.39 is 97.5 Å². The van der Waals surface area contributed by atoms with Crippen LogP contribution in [0, 0.1) is 11.8 Å². The summed E-state index contributed by atoms with van der Waals surface area (Å²) in [6, 6.07) is 0. The lowest BCUT2D eigenvalue weighted by molar-refractivity contribution is -0.161. The molecule has 0 aliphatic heterocycles. The Labute approximate surface area is 632 Å². The zero-order valence-corrected chi connectivity index (χ0v) is 69.4. The van der Waals surface area contributed by atoms with E-state index in [0.717, 1.165) is 102 Å². The normalized spacial score (nSPS) is 14.4. The molecule has 612 valence electrons. The highest BCUT2D eigenvalue weighted by Crippen LogP contribution is 2.45. The molecule has 0 aromatic rings. The molecule has 0 rings (SSSR count). The maximum atomic E-state index is 13.1. The van der Waals surface area contributed by atoms with Crippen molar-refractivity contribution >= 4 is 39.5 Å². The second-order valence-electron chi connectivity index (χ2n) is 30.7. The van der Waals surface area contributed by atoms with Crippen molar-refractivity contribution in [3.05, 3.63) is 0 Å². The van der Waals surface area contributed by atoms with E-state index in [-0.39, 0.29) is 25.7 Å². The zero-order valence-electron chi connectivity index (χ0n) is 67.6. The van der Waals surface area contributed by atoms with E-state index in [9.17, 15) is 43.2 Å². The van der Waals surface area contributed by atoms with Gasteiger partial charge in [0.2, 0.25) is 0 Å². The molecular weight excluding hydrogens is 1340 g/mol. The third kappa shape index (κ3) is 75.3. The number of aliphatic hydroxyl groups excluding tert-OH is 1. The molecule has 0 bridgehead atoms. The second kappa shape index (κ2) is 75.5. The molecule has 0 aromatic carbocycles. The van der Waals surface area contributed by atoms with E-state index in [0.29, 0.717) is 25.7 Å². The van der Waals surface area contributed by atoms with Crippen molar-refractivity contribution in [2.24, 2.45) is 11.8 Å². The van der Waals surface area contributed by atoms with Crippen LogP contribution in [0.2, 0.25) is 0 Å². The fraction of sp³-hybridized carbons (Fsp3) is 0.952. The van der Waals surface area contributed by atoms with Crippen molar-refractivity contribution in [3.63, 3.8) is 0 Å². The third-order valence-electron chi connectivity index (χ3n) is 20.4. The van der Waals surface area contributed by atoms with Crippen LogP contribution in [0.4, 0.5) is 0 Å². The summed E-state index contributed by atoms with van der Waals surface area (Å²) in [5, 5.41) is 10.7. The number of phosphoric ester groups is 2. The van der Waals surface area contributed by atoms with Gasteiger partial charge in [0, 0.05) is 25.7 Å². The number of unbranched alkanes of at least 4 members (excludes halogenated alkanes) is 51. The molecule has 4 unspecified atom stereocenters. The van der Waals surface area contributed by atoms with Crippen LogP contribution >= 0.6 is 15.6 Å². The molecule has 19 heteroatoms. The smallest absolute Gasteiger partial charge is 0.462 e. The summed E-state index contributed by atoms with van der Waals surface area (Å²) in [7, 11) is -9.92. The molecule has 0 fully saturated rings. The van der Waals surface area contributed by atoms with Crippen molar-refractivity contribution in [2.75, 3.05) is 39.6 Å². The molecule has 0 saturated heterocycles. The van der Waals surface area contributed by atoms with Gasteiger partial charge in [-0.15, -0.1) is 0 Å². The van der Waals surface area contributed by atoms with Crippen molar-refractivity contribution in [1.29, 1.82) is 0 Å². The molecule has 0 radical (unpaired) electrons. The van der Waals surface area contributed by atoms with Crippen molar-refractivity contribution in [3.8, 4) is 0 Å². The van der Waals surface area contributed by atoms with E-state index in [2.05, 4.69) is 41.5 Å². The number of hydrogen-bond acceptors (Lipinski definition) is 15. The van der Waals surface area contributed by atoms with E-state index in [4.69, 9.17) is 37.0 Å². The van der Waals surface area contributed by atoms with Gasteiger partial charge in [-0.3, -0.25) is 37.3 Å². The summed E-state index contributed by atoms with van der Waals surface area (Å²) < 4.78 is 68.8. The first kappa shape index (κ1) is 101. The predicted octanol–water partition coefficient (Wildman–Crippen LogP) is 25.5. The maximum Gasteiger partial charge on any atom is 0.472 e. The SMILES string of the molecule is CCCCCCCCCCCCCCC(=O)O[C@H](COC(=O)CCCCCCCCCCCCC)COP(=O)(O)OC[C@H](O)COP(=O)(O)OC[C@@H](COC(=O)CCCCCCCCCCCCCCCCC(C)CC)OC(=O)CCCCCCCCCCCCCCCCCCCCC(C)CC. The van der Waals surface area contributed by atoms with Crippen LogP contribution in [-0.4, -0.2) is 96.7 Å². The molecule has 0 amide bonds. The molecule has 0 aromatic heterocycles. The minimum atomic E-state index is -4.96. The molecule has 17 nitrogen and oxygen atoms in total. The maximum absolute atomic E-state index is 13.1. The second-order valence-corrected chi connectivity index (χ2v) is 33.6. The number of ether oxygens (including phenoxy) is 4. The van der Waals surface area contributed by atoms with Gasteiger partial charge in [-0.2, -0.15) is 0 Å². The number of aliphatic hydroxyl groups is 1. The summed E-state index contributed by atoms with van der Waals surface area (Å²) in [5.41, 5.74) is 0. The molecule has 0 heterocycles. The lowest BCUT2D eigenvalue weighted by Gasteiger charge is -2.21. The fourth-order valence-electron chi connectivity index (χ4n) is 13.0. The minimum Gasteiger partial charge on any atom is -0.462 e. The number of carbonyl (C=O) groups excluding carboxylic acids is 4. The Morgan fingerprint density at radius 1 is 0.272 bits per heavy atom. The van der Waals surface area contributed by atoms with Crippen LogP contribution in [-0.2, 0) is 65.4 Å². The van der Waals surface area contributed by atoms with Gasteiger partial charge in [-0.05, 0) is 37.5 Å². The average molecular weight is 1510 g/mol. The van der Waals surface area contributed by atoms with Crippen LogP contribution < -0.4 is 0 Å². The van der Waals surface area contributed by atoms with Crippen LogP contribution in [0.25, 0.3) is 0 Å². The van der Waals surface area contributed by atoms with Crippen LogP contribution in [0.15, 0.2) is 0 Å². The van der Waals surface area contributed by atoms with Crippen molar-refractivity contribution < 1.29 is 80.2 Å². The van der Waals surface area contributed by atoms with Crippen molar-refractivity contribution in [1.82, 2.24) is 0 Å². The van der Waals surface area contributed by atoms with Crippen LogP contribution in [0.5, 0.6) is 0 Å². The van der Waals surface area contributed by atoms with Gasteiger partial charge in [0.25, 0.3) is 0 Å². The number of rotatable bonds is 83. The van der Waals surface area contributed by atoms with Gasteiger partial charge < -0.3 is 33.8 Å². The molecule has 7 atom stereocenters. The summed E-state index contributed by atoms with van der Waals surface area (Å²) in [6.45, 7) is 9.77. The molecule has 0 aliphatic rings. The zero-order chi connectivity index (χ0) is 75.6. The fourth-order valence-corrected chi connectivity index (χ4v) is 14.6. The van der Waals surface area contributed by atoms with Crippen LogP contribution in [0.1, 0.15) is 446 Å². The van der Waals surface area contributed by atoms with Gasteiger partial charge >= 0.3 is 39.5 Å². The highest BCUT2D eigenvalue weighted by molar-refractivity contribution is 7.47. The average Bonchev–Trinajstić information content (AvgIpc) is 1.26. The highest BCUT2D eigenvalue weighted by atomic mass is 31.2. The standard InChI is InChI=1S/C84H164O17P2/c1-7-11-13-15-17-19-21-37-44-50-56-62-68-83(88)100-79(72-94-81(86)66-60-54-48-42-34-20-18-16-14-12-8-2)74-98-102(90,91)96-70-78(85)71-97-103(92,93)99-75-80(73-95-82(87)67-61-55-49-43-38-32-29-28-31-36-41-47-53-59-65-77(6)10-4)101-84(89)69-63-57-51-45-39-33-27-25-23-22-24-26-30-35-40-46-52-58-64-76(5)9-3/h76-80,85H,7-75H2,1-6H3,(H,90,91)(H,92,93)/t76?,77?,78-,79+,80+/m0/s1. The van der Waals surface area contributed by atoms with Gasteiger partial charge in [0.1, 0.15) is 19.3 Å². The van der Waals surface area contributed by atoms with E-state index in [1.807, 2.05) is 0 Å². The predicted molar refractivity (Wildman–Crippen MR) is 423 cm³/mol. The highest BCUT2D eigenvalue weighted by Gasteiger charge is 2.30. The monoisotopic (exact) mass is 1510 g/mol. The first-order valence-corrected chi connectivity index (χ1v) is 46.6. The topological polar surface area (TPSA) is 237 Å². The first-order chi connectivity index (χ1) is 49.9. The summed E-state index contributed by atoms with van der Waals surface area (Å²) >= 11 is 0. The molecular formula is C84H164O17P2. The van der Waals surface area contributed by atoms with Gasteiger partial charge in [0.05, 0.1) is 26.4 Å². The number of carbonyl (C=O) groups is 4. The molecule has 0 aliphatic carbocycles. The molecule has 103 heavy (non-hydrogen) atoms. The molecule has 0 spiro atoms. The van der Waals surface area contributed by atoms with Gasteiger partial charge in [-0.25, -0.2) is 9.13 Å². The Bertz CT molecular complexity index is 1980. The van der Waals surface area contributed by atoms with E-state index >= 15 is 0 Å². The number of esters is 4. The molecule has 3 N–H and O–H groups in total. The molecule has 0 saturated carbocycles. The Morgan fingerprint density at radius 3 is 0.689 bits per heavy atom. The Kier molecular flexibility index (Phi) is 74.1. The quantitative estimate of drug-likeness (QED) is 0.0222. The first-order valence-electron chi connectivity index (χ1n) is 43.6. The lowest BCUT2D eigenvalue weighted by atomic mass is 9.99. The Balaban J connectivity index is 5.22. The lowest BCUT2D eigenvalue weighted by Crippen LogP contribution is -2.30. The Morgan fingerprint density at radius 2 is 0.466 bits per heavy atom. The summed E-state index contributed by atoms with van der Waals surface area (Å²) in [4.78, 5) is 73.1. The third-order valence-corrected chi connectivity index (χ3v) is 22.3. The summed E-state index contributed by atoms with van der Waals surface area (Å²) in [5.74, 6) is -0.382.